The first-order chi connectivity index (χ1) is 4.54. The fourth-order valence-corrected chi connectivity index (χ4v) is 0.416. The molecule has 0 unspecified atom stereocenters. The molecule has 1 atom stereocenters. The molecule has 0 radical (unpaired) electrons. The topological polar surface area (TPSA) is 109 Å². The maximum Gasteiger partial charge on any atom is 1.00 e. The van der Waals surface area contributed by atoms with Crippen molar-refractivity contribution in [2.45, 2.75) is 18.9 Å². The molecule has 0 fully saturated rings. The van der Waals surface area contributed by atoms with Crippen LogP contribution >= 0.6 is 0 Å². The first-order valence-electron chi connectivity index (χ1n) is 2.78. The molecule has 0 saturated heterocycles. The van der Waals surface area contributed by atoms with E-state index in [1.54, 1.807) is 0 Å². The van der Waals surface area contributed by atoms with Crippen molar-refractivity contribution in [3.63, 3.8) is 0 Å². The maximum absolute atomic E-state index is 10.2. The minimum atomic E-state index is -1.23. The second-order valence-electron chi connectivity index (χ2n) is 1.92. The van der Waals surface area contributed by atoms with E-state index in [-0.39, 0.29) is 42.4 Å². The minimum Gasteiger partial charge on any atom is -0.550 e. The molecule has 0 aromatic carbocycles. The Labute approximate surface area is 86.4 Å². The number of carboxylic acids is 1. The smallest absolute Gasteiger partial charge is 0.550 e. The number of hydrogen-bond donors (Lipinski definition) is 2. The number of aliphatic carboxylic acids is 1. The van der Waals surface area contributed by atoms with Crippen LogP contribution in [0.3, 0.4) is 0 Å². The van der Waals surface area contributed by atoms with Crippen LogP contribution in [0.4, 0.5) is 0 Å². The zero-order valence-electron chi connectivity index (χ0n) is 6.37. The van der Waals surface area contributed by atoms with Gasteiger partial charge in [0.15, 0.2) is 0 Å². The number of nitrogens with two attached hydrogens (primary N) is 2. The number of carbonyl (C=O) groups is 2. The Kier molecular flexibility index (Phi) is 8.09. The third-order valence-electron chi connectivity index (χ3n) is 1.02. The van der Waals surface area contributed by atoms with Gasteiger partial charge in [0.25, 0.3) is 0 Å². The van der Waals surface area contributed by atoms with Crippen molar-refractivity contribution in [1.29, 1.82) is 0 Å². The molecule has 0 aliphatic carbocycles. The van der Waals surface area contributed by atoms with Crippen LogP contribution in [-0.2, 0) is 9.59 Å². The molecule has 0 aliphatic heterocycles. The average Bonchev–Trinajstić information content (AvgIpc) is 1.82. The standard InChI is InChI=1S/C5H10N2O3.Na/c6-3(5(7)10)1-2-4(8)9;/h3H,1-2,6H2,(H2,7,10)(H,8,9);/q;+1/p-1/t3-;/m0./s1. The van der Waals surface area contributed by atoms with Crippen LogP contribution in [0.15, 0.2) is 0 Å². The van der Waals surface area contributed by atoms with E-state index >= 15 is 0 Å². The Hall–Kier alpha value is -0.100. The van der Waals surface area contributed by atoms with Gasteiger partial charge < -0.3 is 21.4 Å². The number of hydrogen-bond acceptors (Lipinski definition) is 4. The summed E-state index contributed by atoms with van der Waals surface area (Å²) in [7, 11) is 0. The predicted molar refractivity (Wildman–Crippen MR) is 31.4 cm³/mol. The van der Waals surface area contributed by atoms with E-state index < -0.39 is 17.9 Å². The average molecular weight is 168 g/mol. The van der Waals surface area contributed by atoms with E-state index in [0.29, 0.717) is 0 Å². The maximum atomic E-state index is 10.2. The quantitative estimate of drug-likeness (QED) is 0.407. The Morgan fingerprint density at radius 1 is 1.45 bits per heavy atom. The summed E-state index contributed by atoms with van der Waals surface area (Å²) in [6.45, 7) is 0. The number of carbonyl (C=O) groups excluding carboxylic acids is 2. The second kappa shape index (κ2) is 6.60. The second-order valence-corrected chi connectivity index (χ2v) is 1.92. The Morgan fingerprint density at radius 2 is 1.91 bits per heavy atom. The summed E-state index contributed by atoms with van der Waals surface area (Å²) in [4.78, 5) is 20.0. The van der Waals surface area contributed by atoms with Crippen molar-refractivity contribution >= 4 is 11.9 Å². The van der Waals surface area contributed by atoms with Crippen molar-refractivity contribution in [3.05, 3.63) is 0 Å². The third kappa shape index (κ3) is 7.80. The van der Waals surface area contributed by atoms with Gasteiger partial charge >= 0.3 is 29.6 Å². The van der Waals surface area contributed by atoms with Crippen LogP contribution < -0.4 is 46.1 Å². The van der Waals surface area contributed by atoms with E-state index in [2.05, 4.69) is 0 Å². The van der Waals surface area contributed by atoms with Crippen molar-refractivity contribution in [1.82, 2.24) is 0 Å². The number of rotatable bonds is 4. The van der Waals surface area contributed by atoms with Crippen molar-refractivity contribution in [2.75, 3.05) is 0 Å². The summed E-state index contributed by atoms with van der Waals surface area (Å²) in [6, 6.07) is -0.877. The third-order valence-corrected chi connectivity index (χ3v) is 1.02. The van der Waals surface area contributed by atoms with Gasteiger partial charge in [0.1, 0.15) is 0 Å². The van der Waals surface area contributed by atoms with E-state index in [1.807, 2.05) is 0 Å². The van der Waals surface area contributed by atoms with Crippen molar-refractivity contribution < 1.29 is 44.3 Å². The van der Waals surface area contributed by atoms with Gasteiger partial charge in [0.05, 0.1) is 6.04 Å². The minimum absolute atomic E-state index is 0. The summed E-state index contributed by atoms with van der Waals surface area (Å²) < 4.78 is 0. The molecule has 0 saturated carbocycles. The largest absolute Gasteiger partial charge is 1.00 e. The molecule has 0 aliphatic rings. The van der Waals surface area contributed by atoms with Crippen LogP contribution in [0.1, 0.15) is 12.8 Å². The normalized spacial score (nSPS) is 11.4. The van der Waals surface area contributed by atoms with Crippen LogP contribution in [0, 0.1) is 0 Å². The van der Waals surface area contributed by atoms with Crippen LogP contribution in [0.2, 0.25) is 0 Å². The Balaban J connectivity index is 0. The fraction of sp³-hybridized carbons (Fsp3) is 0.600. The molecule has 0 bridgehead atoms. The van der Waals surface area contributed by atoms with E-state index in [4.69, 9.17) is 11.5 Å². The molecular formula is C5H9N2NaO3. The van der Waals surface area contributed by atoms with Crippen LogP contribution in [0.5, 0.6) is 0 Å². The van der Waals surface area contributed by atoms with E-state index in [1.165, 1.54) is 0 Å². The summed E-state index contributed by atoms with van der Waals surface area (Å²) >= 11 is 0. The fourth-order valence-electron chi connectivity index (χ4n) is 0.416. The molecule has 0 aromatic heterocycles. The van der Waals surface area contributed by atoms with Gasteiger partial charge in [-0.2, -0.15) is 0 Å². The van der Waals surface area contributed by atoms with Gasteiger partial charge in [0.2, 0.25) is 5.91 Å². The number of carboxylic acid groups (broad SMARTS) is 1. The van der Waals surface area contributed by atoms with Crippen molar-refractivity contribution in [3.8, 4) is 0 Å². The molecular weight excluding hydrogens is 159 g/mol. The first kappa shape index (κ1) is 13.5. The number of primary amides is 1. The van der Waals surface area contributed by atoms with Gasteiger partial charge in [-0.25, -0.2) is 0 Å². The van der Waals surface area contributed by atoms with Gasteiger partial charge in [-0.1, -0.05) is 0 Å². The van der Waals surface area contributed by atoms with E-state index in [9.17, 15) is 14.7 Å². The summed E-state index contributed by atoms with van der Waals surface area (Å²) in [6.07, 6.45) is -0.193. The van der Waals surface area contributed by atoms with E-state index in [0.717, 1.165) is 0 Å². The monoisotopic (exact) mass is 168 g/mol. The SMILES string of the molecule is NC(=O)[C@@H](N)CCC(=O)[O-].[Na+]. The number of amides is 1. The van der Waals surface area contributed by atoms with Crippen molar-refractivity contribution in [2.24, 2.45) is 11.5 Å². The van der Waals surface area contributed by atoms with Crippen LogP contribution in [-0.4, -0.2) is 17.9 Å². The molecule has 58 valence electrons. The zero-order valence-corrected chi connectivity index (χ0v) is 8.37. The first-order valence-corrected chi connectivity index (χ1v) is 2.78. The molecule has 6 heteroatoms. The Morgan fingerprint density at radius 3 is 2.18 bits per heavy atom. The van der Waals surface area contributed by atoms with Gasteiger partial charge in [-0.3, -0.25) is 4.79 Å². The molecule has 4 N–H and O–H groups in total. The van der Waals surface area contributed by atoms with Gasteiger partial charge in [-0.05, 0) is 12.8 Å². The molecule has 11 heavy (non-hydrogen) atoms. The zero-order chi connectivity index (χ0) is 8.15. The summed E-state index contributed by atoms with van der Waals surface area (Å²) in [5, 5.41) is 9.81. The van der Waals surface area contributed by atoms with Crippen LogP contribution in [0.25, 0.3) is 0 Å². The van der Waals surface area contributed by atoms with Gasteiger partial charge in [0, 0.05) is 5.97 Å². The van der Waals surface area contributed by atoms with Gasteiger partial charge in [-0.15, -0.1) is 0 Å². The molecule has 0 rings (SSSR count). The summed E-state index contributed by atoms with van der Waals surface area (Å²) in [5.41, 5.74) is 9.84. The molecule has 5 nitrogen and oxygen atoms in total. The Bertz CT molecular complexity index is 151. The predicted octanol–water partition coefficient (Wildman–Crippen LogP) is -5.67. The molecule has 0 spiro atoms. The molecule has 0 aromatic rings. The molecule has 1 amide bonds. The summed E-state index contributed by atoms with van der Waals surface area (Å²) in [5.74, 6) is -1.92. The molecule has 0 heterocycles.